The highest BCUT2D eigenvalue weighted by Gasteiger charge is 2.26. The number of nitrogens with one attached hydrogen (secondary N) is 1. The number of benzene rings is 1. The van der Waals surface area contributed by atoms with Crippen LogP contribution in [0.3, 0.4) is 0 Å². The second-order valence-electron chi connectivity index (χ2n) is 4.01. The van der Waals surface area contributed by atoms with E-state index in [1.165, 1.54) is 0 Å². The lowest BCUT2D eigenvalue weighted by atomic mass is 10.1. The van der Waals surface area contributed by atoms with Crippen molar-refractivity contribution in [2.24, 2.45) is 0 Å². The first-order valence-corrected chi connectivity index (χ1v) is 5.97. The average Bonchev–Trinajstić information content (AvgIpc) is 2.74. The Morgan fingerprint density at radius 2 is 2.35 bits per heavy atom. The molecule has 0 saturated heterocycles. The summed E-state index contributed by atoms with van der Waals surface area (Å²) < 4.78 is 5.58. The Kier molecular flexibility index (Phi) is 3.64. The minimum atomic E-state index is 0.111. The molecule has 92 valence electrons. The topological polar surface area (TPSA) is 41.6 Å². The van der Waals surface area contributed by atoms with Gasteiger partial charge in [-0.3, -0.25) is 4.79 Å². The minimum absolute atomic E-state index is 0.111. The van der Waals surface area contributed by atoms with Crippen LogP contribution in [0, 0.1) is 0 Å². The molecule has 1 aliphatic rings. The summed E-state index contributed by atoms with van der Waals surface area (Å²) in [5.41, 5.74) is 2.15. The van der Waals surface area contributed by atoms with E-state index < -0.39 is 0 Å². The second-order valence-corrected chi connectivity index (χ2v) is 4.01. The van der Waals surface area contributed by atoms with Gasteiger partial charge in [0.2, 0.25) is 5.91 Å². The van der Waals surface area contributed by atoms with Gasteiger partial charge in [0.15, 0.2) is 0 Å². The van der Waals surface area contributed by atoms with E-state index >= 15 is 0 Å². The zero-order valence-electron chi connectivity index (χ0n) is 10.3. The summed E-state index contributed by atoms with van der Waals surface area (Å²) in [6, 6.07) is 5.89. The van der Waals surface area contributed by atoms with E-state index in [0.717, 1.165) is 30.0 Å². The SMILES string of the molecule is CCOc1cccc2c1CCN2C(=O)CNC. The molecule has 0 radical (unpaired) electrons. The molecule has 0 fully saturated rings. The Bertz CT molecular complexity index is 418. The molecule has 17 heavy (non-hydrogen) atoms. The summed E-state index contributed by atoms with van der Waals surface area (Å²) in [4.78, 5) is 13.7. The van der Waals surface area contributed by atoms with E-state index in [9.17, 15) is 4.79 Å². The van der Waals surface area contributed by atoms with Crippen molar-refractivity contribution in [3.63, 3.8) is 0 Å². The van der Waals surface area contributed by atoms with Gasteiger partial charge in [0.05, 0.1) is 18.8 Å². The van der Waals surface area contributed by atoms with E-state index in [4.69, 9.17) is 4.74 Å². The number of fused-ring (bicyclic) bond motifs is 1. The molecule has 2 rings (SSSR count). The first-order chi connectivity index (χ1) is 8.27. The summed E-state index contributed by atoms with van der Waals surface area (Å²) in [6.45, 7) is 3.75. The van der Waals surface area contributed by atoms with Crippen molar-refractivity contribution >= 4 is 11.6 Å². The molecule has 1 heterocycles. The van der Waals surface area contributed by atoms with Crippen LogP contribution in [0.1, 0.15) is 12.5 Å². The highest BCUT2D eigenvalue weighted by molar-refractivity contribution is 5.97. The summed E-state index contributed by atoms with van der Waals surface area (Å²) in [5, 5.41) is 2.89. The molecule has 0 bridgehead atoms. The number of hydrogen-bond donors (Lipinski definition) is 1. The van der Waals surface area contributed by atoms with E-state index in [0.29, 0.717) is 13.2 Å². The van der Waals surface area contributed by atoms with Crippen LogP contribution in [0.4, 0.5) is 5.69 Å². The van der Waals surface area contributed by atoms with Crippen LogP contribution in [-0.4, -0.2) is 32.7 Å². The molecule has 1 amide bonds. The van der Waals surface area contributed by atoms with Crippen molar-refractivity contribution in [3.05, 3.63) is 23.8 Å². The van der Waals surface area contributed by atoms with E-state index in [1.807, 2.05) is 30.0 Å². The highest BCUT2D eigenvalue weighted by Crippen LogP contribution is 2.34. The van der Waals surface area contributed by atoms with E-state index in [1.54, 1.807) is 7.05 Å². The number of nitrogens with zero attached hydrogens (tertiary/aromatic N) is 1. The van der Waals surface area contributed by atoms with Crippen LogP contribution in [0.2, 0.25) is 0 Å². The van der Waals surface area contributed by atoms with Crippen LogP contribution < -0.4 is 15.0 Å². The third-order valence-corrected chi connectivity index (χ3v) is 2.91. The maximum atomic E-state index is 11.9. The fourth-order valence-corrected chi connectivity index (χ4v) is 2.20. The summed E-state index contributed by atoms with van der Waals surface area (Å²) in [7, 11) is 1.78. The molecule has 0 saturated carbocycles. The molecule has 0 unspecified atom stereocenters. The number of carbonyl (C=O) groups is 1. The predicted molar refractivity (Wildman–Crippen MR) is 67.6 cm³/mol. The maximum Gasteiger partial charge on any atom is 0.240 e. The Hall–Kier alpha value is -1.55. The summed E-state index contributed by atoms with van der Waals surface area (Å²) in [6.07, 6.45) is 0.876. The molecule has 0 aliphatic carbocycles. The number of likely N-dealkylation sites (N-methyl/N-ethyl adjacent to an activating group) is 1. The molecular formula is C13H18N2O2. The lowest BCUT2D eigenvalue weighted by Crippen LogP contribution is -2.35. The van der Waals surface area contributed by atoms with Crippen LogP contribution in [-0.2, 0) is 11.2 Å². The van der Waals surface area contributed by atoms with Crippen molar-refractivity contribution in [2.75, 3.05) is 31.6 Å². The number of hydrogen-bond acceptors (Lipinski definition) is 3. The monoisotopic (exact) mass is 234 g/mol. The third kappa shape index (κ3) is 2.26. The number of carbonyl (C=O) groups excluding carboxylic acids is 1. The average molecular weight is 234 g/mol. The van der Waals surface area contributed by atoms with Crippen LogP contribution in [0.25, 0.3) is 0 Å². The normalized spacial score (nSPS) is 13.6. The van der Waals surface area contributed by atoms with Crippen molar-refractivity contribution in [1.82, 2.24) is 5.32 Å². The summed E-state index contributed by atoms with van der Waals surface area (Å²) in [5.74, 6) is 1.02. The molecule has 1 aliphatic heterocycles. The largest absolute Gasteiger partial charge is 0.494 e. The van der Waals surface area contributed by atoms with Gasteiger partial charge in [0.1, 0.15) is 5.75 Å². The van der Waals surface area contributed by atoms with Crippen LogP contribution in [0.5, 0.6) is 5.75 Å². The molecule has 0 aromatic heterocycles. The number of ether oxygens (including phenoxy) is 1. The second kappa shape index (κ2) is 5.19. The molecule has 0 spiro atoms. The third-order valence-electron chi connectivity index (χ3n) is 2.91. The molecule has 0 atom stereocenters. The van der Waals surface area contributed by atoms with Crippen LogP contribution in [0.15, 0.2) is 18.2 Å². The Morgan fingerprint density at radius 3 is 3.06 bits per heavy atom. The van der Waals surface area contributed by atoms with Gasteiger partial charge in [-0.15, -0.1) is 0 Å². The molecular weight excluding hydrogens is 216 g/mol. The van der Waals surface area contributed by atoms with Gasteiger partial charge >= 0.3 is 0 Å². The van der Waals surface area contributed by atoms with Gasteiger partial charge in [0.25, 0.3) is 0 Å². The molecule has 4 heteroatoms. The van der Waals surface area contributed by atoms with Crippen molar-refractivity contribution in [2.45, 2.75) is 13.3 Å². The lowest BCUT2D eigenvalue weighted by molar-refractivity contribution is -0.117. The predicted octanol–water partition coefficient (Wildman–Crippen LogP) is 1.19. The van der Waals surface area contributed by atoms with Gasteiger partial charge in [-0.1, -0.05) is 6.07 Å². The van der Waals surface area contributed by atoms with Gasteiger partial charge in [-0.2, -0.15) is 0 Å². The van der Waals surface area contributed by atoms with E-state index in [-0.39, 0.29) is 5.91 Å². The van der Waals surface area contributed by atoms with Gasteiger partial charge in [-0.05, 0) is 32.5 Å². The summed E-state index contributed by atoms with van der Waals surface area (Å²) >= 11 is 0. The highest BCUT2D eigenvalue weighted by atomic mass is 16.5. The molecule has 1 aromatic carbocycles. The minimum Gasteiger partial charge on any atom is -0.494 e. The molecule has 1 N–H and O–H groups in total. The smallest absolute Gasteiger partial charge is 0.240 e. The van der Waals surface area contributed by atoms with Gasteiger partial charge in [-0.25, -0.2) is 0 Å². The fourth-order valence-electron chi connectivity index (χ4n) is 2.20. The van der Waals surface area contributed by atoms with E-state index in [2.05, 4.69) is 5.32 Å². The zero-order chi connectivity index (χ0) is 12.3. The Labute approximate surface area is 102 Å². The molecule has 4 nitrogen and oxygen atoms in total. The number of rotatable bonds is 4. The lowest BCUT2D eigenvalue weighted by Gasteiger charge is -2.17. The maximum absolute atomic E-state index is 11.9. The van der Waals surface area contributed by atoms with Crippen molar-refractivity contribution < 1.29 is 9.53 Å². The fraction of sp³-hybridized carbons (Fsp3) is 0.462. The van der Waals surface area contributed by atoms with Gasteiger partial charge in [0, 0.05) is 12.1 Å². The standard InChI is InChI=1S/C13H18N2O2/c1-3-17-12-6-4-5-11-10(12)7-8-15(11)13(16)9-14-2/h4-6,14H,3,7-9H2,1-2H3. The zero-order valence-corrected chi connectivity index (χ0v) is 10.3. The van der Waals surface area contributed by atoms with Crippen molar-refractivity contribution in [1.29, 1.82) is 0 Å². The quantitative estimate of drug-likeness (QED) is 0.851. The van der Waals surface area contributed by atoms with Gasteiger partial charge < -0.3 is 15.0 Å². The Balaban J connectivity index is 2.26. The number of amides is 1. The van der Waals surface area contributed by atoms with Crippen LogP contribution >= 0.6 is 0 Å². The molecule has 1 aromatic rings. The van der Waals surface area contributed by atoms with Crippen molar-refractivity contribution in [3.8, 4) is 5.75 Å². The Morgan fingerprint density at radius 1 is 1.53 bits per heavy atom. The first-order valence-electron chi connectivity index (χ1n) is 5.97. The first kappa shape index (κ1) is 11.9. The number of anilines is 1.